The fourth-order valence-electron chi connectivity index (χ4n) is 2.92. The lowest BCUT2D eigenvalue weighted by molar-refractivity contribution is -0.227. The van der Waals surface area contributed by atoms with Crippen molar-refractivity contribution in [2.45, 2.75) is 46.1 Å². The maximum atomic E-state index is 9.83. The third-order valence-electron chi connectivity index (χ3n) is 4.46. The molecule has 0 atom stereocenters. The molecule has 1 saturated heterocycles. The first-order chi connectivity index (χ1) is 13.5. The van der Waals surface area contributed by atoms with Crippen molar-refractivity contribution in [1.82, 2.24) is 15.0 Å². The average molecular weight is 399 g/mol. The third kappa shape index (κ3) is 5.80. The Morgan fingerprint density at radius 2 is 1.97 bits per heavy atom. The van der Waals surface area contributed by atoms with E-state index in [2.05, 4.69) is 36.0 Å². The summed E-state index contributed by atoms with van der Waals surface area (Å²) in [6, 6.07) is 5.90. The maximum absolute atomic E-state index is 9.83. The lowest BCUT2D eigenvalue weighted by atomic mass is 9.96. The highest BCUT2D eigenvalue weighted by molar-refractivity contribution is 5.77. The Balaban J connectivity index is 1.79. The molecule has 7 nitrogen and oxygen atoms in total. The fraction of sp³-hybridized carbons (Fsp3) is 0.545. The number of hydrogen-bond donors (Lipinski definition) is 1. The number of aliphatic hydroxyl groups is 1. The van der Waals surface area contributed by atoms with Crippen molar-refractivity contribution in [3.8, 4) is 23.1 Å². The van der Waals surface area contributed by atoms with Crippen LogP contribution >= 0.6 is 0 Å². The van der Waals surface area contributed by atoms with Crippen LogP contribution in [0.25, 0.3) is 11.3 Å². The molecule has 1 N–H and O–H groups in total. The minimum absolute atomic E-state index is 0.0422. The Hall–Kier alpha value is -2.40. The SMILES string of the molecule is CN(C)c1cc(C#CC(C)(C)O)ccc1-c1cn(CC2OCC(C)(C)CO2)nn1. The first-order valence-electron chi connectivity index (χ1n) is 9.73. The minimum Gasteiger partial charge on any atom is -0.378 e. The summed E-state index contributed by atoms with van der Waals surface area (Å²) in [6.45, 7) is 9.40. The second kappa shape index (κ2) is 8.15. The van der Waals surface area contributed by atoms with Gasteiger partial charge in [0.15, 0.2) is 6.29 Å². The molecule has 0 bridgehead atoms. The van der Waals surface area contributed by atoms with Crippen molar-refractivity contribution in [3.63, 3.8) is 0 Å². The summed E-state index contributed by atoms with van der Waals surface area (Å²) in [5.74, 6) is 5.87. The summed E-state index contributed by atoms with van der Waals surface area (Å²) in [7, 11) is 3.95. The molecule has 2 heterocycles. The first kappa shape index (κ1) is 21.3. The second-order valence-electron chi connectivity index (χ2n) is 8.98. The standard InChI is InChI=1S/C22H30N4O3/c1-21(2)14-28-20(29-15-21)13-26-12-18(23-24-26)17-8-7-16(9-10-22(3,4)27)11-19(17)25(5)6/h7-8,11-12,20,27H,13-15H2,1-6H3. The zero-order valence-electron chi connectivity index (χ0n) is 18.1. The number of rotatable bonds is 4. The van der Waals surface area contributed by atoms with E-state index in [0.717, 1.165) is 22.5 Å². The van der Waals surface area contributed by atoms with Crippen molar-refractivity contribution in [1.29, 1.82) is 0 Å². The molecule has 3 rings (SSSR count). The molecule has 29 heavy (non-hydrogen) atoms. The number of nitrogens with zero attached hydrogens (tertiary/aromatic N) is 4. The Morgan fingerprint density at radius 1 is 1.28 bits per heavy atom. The van der Waals surface area contributed by atoms with E-state index in [1.165, 1.54) is 0 Å². The van der Waals surface area contributed by atoms with Gasteiger partial charge in [-0.3, -0.25) is 0 Å². The van der Waals surface area contributed by atoms with Crippen LogP contribution in [0.15, 0.2) is 24.4 Å². The van der Waals surface area contributed by atoms with Crippen molar-refractivity contribution in [3.05, 3.63) is 30.0 Å². The van der Waals surface area contributed by atoms with Gasteiger partial charge in [-0.05, 0) is 32.0 Å². The highest BCUT2D eigenvalue weighted by atomic mass is 16.7. The molecule has 1 aliphatic heterocycles. The Labute approximate surface area is 172 Å². The van der Waals surface area contributed by atoms with Crippen LogP contribution in [-0.4, -0.2) is 59.3 Å². The number of anilines is 1. The van der Waals surface area contributed by atoms with Gasteiger partial charge >= 0.3 is 0 Å². The molecule has 7 heteroatoms. The van der Waals surface area contributed by atoms with Gasteiger partial charge in [0.2, 0.25) is 0 Å². The van der Waals surface area contributed by atoms with Gasteiger partial charge in [0.25, 0.3) is 0 Å². The molecule has 0 saturated carbocycles. The molecule has 156 valence electrons. The van der Waals surface area contributed by atoms with Crippen LogP contribution < -0.4 is 4.90 Å². The summed E-state index contributed by atoms with van der Waals surface area (Å²) in [6.07, 6.45) is 1.59. The van der Waals surface area contributed by atoms with E-state index >= 15 is 0 Å². The highest BCUT2D eigenvalue weighted by Crippen LogP contribution is 2.30. The smallest absolute Gasteiger partial charge is 0.177 e. The van der Waals surface area contributed by atoms with Gasteiger partial charge in [0, 0.05) is 36.3 Å². The lowest BCUT2D eigenvalue weighted by Gasteiger charge is -2.34. The summed E-state index contributed by atoms with van der Waals surface area (Å²) in [5, 5.41) is 18.4. The Bertz CT molecular complexity index is 906. The van der Waals surface area contributed by atoms with E-state index in [1.807, 2.05) is 43.4 Å². The molecule has 2 aromatic rings. The molecule has 0 radical (unpaired) electrons. The van der Waals surface area contributed by atoms with Gasteiger partial charge in [0.1, 0.15) is 11.3 Å². The molecule has 1 fully saturated rings. The van der Waals surface area contributed by atoms with Gasteiger partial charge < -0.3 is 19.5 Å². The summed E-state index contributed by atoms with van der Waals surface area (Å²) < 4.78 is 13.3. The topological polar surface area (TPSA) is 72.6 Å². The van der Waals surface area contributed by atoms with E-state index in [4.69, 9.17) is 9.47 Å². The number of ether oxygens (including phenoxy) is 2. The Morgan fingerprint density at radius 3 is 2.59 bits per heavy atom. The van der Waals surface area contributed by atoms with Crippen LogP contribution in [-0.2, 0) is 16.0 Å². The van der Waals surface area contributed by atoms with E-state index in [1.54, 1.807) is 18.5 Å². The van der Waals surface area contributed by atoms with E-state index < -0.39 is 5.60 Å². The molecule has 0 amide bonds. The number of aromatic nitrogens is 3. The molecular formula is C22H30N4O3. The second-order valence-corrected chi connectivity index (χ2v) is 8.98. The van der Waals surface area contributed by atoms with Crippen LogP contribution in [0.3, 0.4) is 0 Å². The molecule has 1 aromatic heterocycles. The quantitative estimate of drug-likeness (QED) is 0.798. The van der Waals surface area contributed by atoms with E-state index in [-0.39, 0.29) is 11.7 Å². The maximum Gasteiger partial charge on any atom is 0.177 e. The summed E-state index contributed by atoms with van der Waals surface area (Å²) in [4.78, 5) is 2.01. The molecule has 1 aliphatic rings. The van der Waals surface area contributed by atoms with Crippen LogP contribution in [0.4, 0.5) is 5.69 Å². The Kier molecular flexibility index (Phi) is 5.99. The largest absolute Gasteiger partial charge is 0.378 e. The molecule has 1 aromatic carbocycles. The highest BCUT2D eigenvalue weighted by Gasteiger charge is 2.28. The van der Waals surface area contributed by atoms with Gasteiger partial charge in [-0.1, -0.05) is 30.9 Å². The molecular weight excluding hydrogens is 368 g/mol. The van der Waals surface area contributed by atoms with E-state index in [0.29, 0.717) is 19.8 Å². The average Bonchev–Trinajstić information content (AvgIpc) is 3.09. The van der Waals surface area contributed by atoms with Crippen LogP contribution in [0, 0.1) is 17.3 Å². The predicted octanol–water partition coefficient (Wildman–Crippen LogP) is 2.53. The summed E-state index contributed by atoms with van der Waals surface area (Å²) in [5.41, 5.74) is 2.55. The van der Waals surface area contributed by atoms with Crippen LogP contribution in [0.2, 0.25) is 0 Å². The van der Waals surface area contributed by atoms with Gasteiger partial charge in [-0.15, -0.1) is 5.10 Å². The zero-order chi connectivity index (χ0) is 21.2. The predicted molar refractivity (Wildman–Crippen MR) is 112 cm³/mol. The van der Waals surface area contributed by atoms with Gasteiger partial charge in [-0.25, -0.2) is 4.68 Å². The molecule has 0 spiro atoms. The van der Waals surface area contributed by atoms with Crippen molar-refractivity contribution >= 4 is 5.69 Å². The van der Waals surface area contributed by atoms with E-state index in [9.17, 15) is 5.11 Å². The van der Waals surface area contributed by atoms with Crippen molar-refractivity contribution in [2.24, 2.45) is 5.41 Å². The lowest BCUT2D eigenvalue weighted by Crippen LogP contribution is -2.39. The first-order valence-corrected chi connectivity index (χ1v) is 9.73. The monoisotopic (exact) mass is 398 g/mol. The number of hydrogen-bond acceptors (Lipinski definition) is 6. The van der Waals surface area contributed by atoms with Crippen LogP contribution in [0.1, 0.15) is 33.3 Å². The van der Waals surface area contributed by atoms with Gasteiger partial charge in [0.05, 0.1) is 26.0 Å². The fourth-order valence-corrected chi connectivity index (χ4v) is 2.92. The normalized spacial score (nSPS) is 16.9. The molecule has 0 aliphatic carbocycles. The minimum atomic E-state index is -1.03. The number of benzene rings is 1. The van der Waals surface area contributed by atoms with Crippen molar-refractivity contribution in [2.75, 3.05) is 32.2 Å². The van der Waals surface area contributed by atoms with Crippen LogP contribution in [0.5, 0.6) is 0 Å². The molecule has 0 unspecified atom stereocenters. The third-order valence-corrected chi connectivity index (χ3v) is 4.46. The zero-order valence-corrected chi connectivity index (χ0v) is 18.1. The summed E-state index contributed by atoms with van der Waals surface area (Å²) >= 11 is 0. The van der Waals surface area contributed by atoms with Gasteiger partial charge in [-0.2, -0.15) is 0 Å². The van der Waals surface area contributed by atoms with Crippen molar-refractivity contribution < 1.29 is 14.6 Å².